The summed E-state index contributed by atoms with van der Waals surface area (Å²) in [5, 5.41) is 3.72. The van der Waals surface area contributed by atoms with Crippen LogP contribution in [0.5, 0.6) is 0 Å². The molecule has 5 nitrogen and oxygen atoms in total. The Morgan fingerprint density at radius 1 is 1.23 bits per heavy atom. The first-order valence-corrected chi connectivity index (χ1v) is 11.0. The highest BCUT2D eigenvalue weighted by Crippen LogP contribution is 2.15. The number of nitrogens with zero attached hydrogens (tertiary/aromatic N) is 2. The van der Waals surface area contributed by atoms with E-state index in [9.17, 15) is 9.18 Å². The van der Waals surface area contributed by atoms with Crippen LogP contribution in [0.25, 0.3) is 0 Å². The van der Waals surface area contributed by atoms with Gasteiger partial charge in [-0.2, -0.15) is 0 Å². The van der Waals surface area contributed by atoms with E-state index in [1.165, 1.54) is 12.1 Å². The molecule has 7 heteroatoms. The third kappa shape index (κ3) is 6.74. The van der Waals surface area contributed by atoms with Crippen LogP contribution in [-0.2, 0) is 4.74 Å². The van der Waals surface area contributed by atoms with Crippen molar-refractivity contribution in [3.8, 4) is 0 Å². The number of carbonyl (C=O) groups is 1. The number of hydrogen-bond acceptors (Lipinski definition) is 3. The monoisotopic (exact) mass is 443 g/mol. The summed E-state index contributed by atoms with van der Waals surface area (Å²) in [4.78, 5) is 17.1. The first-order valence-electron chi connectivity index (χ1n) is 10.6. The number of anilines is 1. The molecule has 31 heavy (non-hydrogen) atoms. The third-order valence-electron chi connectivity index (χ3n) is 5.12. The average molecular weight is 444 g/mol. The van der Waals surface area contributed by atoms with Crippen LogP contribution in [0.4, 0.5) is 10.1 Å². The lowest BCUT2D eigenvalue weighted by Crippen LogP contribution is -2.52. The lowest BCUT2D eigenvalue weighted by atomic mass is 10.1. The molecule has 0 unspecified atom stereocenters. The van der Waals surface area contributed by atoms with Gasteiger partial charge >= 0.3 is 0 Å². The van der Waals surface area contributed by atoms with Crippen LogP contribution in [-0.4, -0.2) is 59.7 Å². The number of carbonyl (C=O) groups excluding carboxylic acids is 1. The molecule has 0 saturated carbocycles. The van der Waals surface area contributed by atoms with E-state index in [0.717, 1.165) is 11.3 Å². The predicted molar refractivity (Wildman–Crippen MR) is 126 cm³/mol. The molecule has 2 aromatic rings. The lowest BCUT2D eigenvalue weighted by Gasteiger charge is -2.37. The van der Waals surface area contributed by atoms with Crippen molar-refractivity contribution in [1.29, 1.82) is 0 Å². The van der Waals surface area contributed by atoms with Gasteiger partial charge in [-0.15, -0.1) is 0 Å². The Bertz CT molecular complexity index is 887. The van der Waals surface area contributed by atoms with Gasteiger partial charge in [-0.05, 0) is 61.5 Å². The Morgan fingerprint density at radius 2 is 1.90 bits per heavy atom. The van der Waals surface area contributed by atoms with Crippen molar-refractivity contribution < 1.29 is 13.9 Å². The first-order chi connectivity index (χ1) is 14.8. The van der Waals surface area contributed by atoms with Gasteiger partial charge in [0.2, 0.25) is 0 Å². The van der Waals surface area contributed by atoms with Gasteiger partial charge in [0.1, 0.15) is 5.82 Å². The Labute approximate surface area is 189 Å². The average Bonchev–Trinajstić information content (AvgIpc) is 2.75. The molecule has 1 aliphatic rings. The summed E-state index contributed by atoms with van der Waals surface area (Å²) in [7, 11) is 0. The second-order valence-corrected chi connectivity index (χ2v) is 8.73. The summed E-state index contributed by atoms with van der Waals surface area (Å²) < 4.78 is 19.1. The zero-order valence-electron chi connectivity index (χ0n) is 18.3. The molecule has 1 amide bonds. The fourth-order valence-corrected chi connectivity index (χ4v) is 3.84. The molecule has 1 fully saturated rings. The highest BCUT2D eigenvalue weighted by atomic mass is 32.1. The molecule has 1 heterocycles. The number of ether oxygens (including phenoxy) is 1. The standard InChI is InChI=1S/C24H30FN3O2S/c1-17(2)14-28(23(29)19-6-4-18(3)5-7-19)16-22-15-27(12-13-30-22)24(31)26-21-10-8-20(25)9-11-21/h4-11,17,22H,12-16H2,1-3H3,(H,26,31)/t22-/m0/s1. The maximum absolute atomic E-state index is 13.1. The van der Waals surface area contributed by atoms with E-state index in [0.29, 0.717) is 49.4 Å². The number of morpholine rings is 1. The zero-order valence-corrected chi connectivity index (χ0v) is 19.1. The predicted octanol–water partition coefficient (Wildman–Crippen LogP) is 4.33. The molecule has 0 aromatic heterocycles. The van der Waals surface area contributed by atoms with Crippen molar-refractivity contribution in [3.63, 3.8) is 0 Å². The number of aryl methyl sites for hydroxylation is 1. The van der Waals surface area contributed by atoms with Gasteiger partial charge < -0.3 is 19.9 Å². The molecule has 166 valence electrons. The molecule has 1 saturated heterocycles. The van der Waals surface area contributed by atoms with Crippen LogP contribution >= 0.6 is 12.2 Å². The SMILES string of the molecule is Cc1ccc(C(=O)N(CC(C)C)C[C@@H]2CN(C(=S)Nc3ccc(F)cc3)CCO2)cc1. The van der Waals surface area contributed by atoms with Crippen LogP contribution < -0.4 is 5.32 Å². The fourth-order valence-electron chi connectivity index (χ4n) is 3.56. The molecule has 0 bridgehead atoms. The molecular formula is C24H30FN3O2S. The van der Waals surface area contributed by atoms with E-state index in [2.05, 4.69) is 19.2 Å². The van der Waals surface area contributed by atoms with E-state index in [-0.39, 0.29) is 17.8 Å². The Hall–Kier alpha value is -2.51. The fraction of sp³-hybridized carbons (Fsp3) is 0.417. The van der Waals surface area contributed by atoms with E-state index < -0.39 is 0 Å². The number of benzene rings is 2. The summed E-state index contributed by atoms with van der Waals surface area (Å²) in [6.07, 6.45) is -0.144. The van der Waals surface area contributed by atoms with E-state index in [1.54, 1.807) is 12.1 Å². The molecule has 0 aliphatic carbocycles. The Morgan fingerprint density at radius 3 is 2.55 bits per heavy atom. The van der Waals surface area contributed by atoms with Gasteiger partial charge in [0.05, 0.1) is 12.7 Å². The molecule has 1 N–H and O–H groups in total. The number of amides is 1. The van der Waals surface area contributed by atoms with Crippen molar-refractivity contribution in [3.05, 3.63) is 65.5 Å². The van der Waals surface area contributed by atoms with E-state index >= 15 is 0 Å². The van der Waals surface area contributed by atoms with Crippen LogP contribution in [0.2, 0.25) is 0 Å². The summed E-state index contributed by atoms with van der Waals surface area (Å²) in [6.45, 7) is 9.15. The Balaban J connectivity index is 1.64. The largest absolute Gasteiger partial charge is 0.373 e. The minimum absolute atomic E-state index is 0.0152. The number of hydrogen-bond donors (Lipinski definition) is 1. The smallest absolute Gasteiger partial charge is 0.253 e. The summed E-state index contributed by atoms with van der Waals surface area (Å²) in [6, 6.07) is 13.8. The van der Waals surface area contributed by atoms with Crippen molar-refractivity contribution in [2.45, 2.75) is 26.9 Å². The first kappa shape index (κ1) is 23.2. The molecule has 3 rings (SSSR count). The summed E-state index contributed by atoms with van der Waals surface area (Å²) in [5.74, 6) is 0.0724. The van der Waals surface area contributed by atoms with Crippen LogP contribution in [0.3, 0.4) is 0 Å². The minimum atomic E-state index is -0.286. The van der Waals surface area contributed by atoms with Gasteiger partial charge in [0.25, 0.3) is 5.91 Å². The molecule has 0 spiro atoms. The van der Waals surface area contributed by atoms with Crippen LogP contribution in [0, 0.1) is 18.7 Å². The van der Waals surface area contributed by atoms with Crippen LogP contribution in [0.15, 0.2) is 48.5 Å². The van der Waals surface area contributed by atoms with Gasteiger partial charge in [-0.1, -0.05) is 31.5 Å². The maximum atomic E-state index is 13.1. The van der Waals surface area contributed by atoms with Gasteiger partial charge in [-0.3, -0.25) is 4.79 Å². The third-order valence-corrected chi connectivity index (χ3v) is 5.48. The van der Waals surface area contributed by atoms with Gasteiger partial charge in [0, 0.05) is 37.4 Å². The van der Waals surface area contributed by atoms with Gasteiger partial charge in [0.15, 0.2) is 5.11 Å². The quantitative estimate of drug-likeness (QED) is 0.674. The van der Waals surface area contributed by atoms with Gasteiger partial charge in [-0.25, -0.2) is 4.39 Å². The number of nitrogens with one attached hydrogen (secondary N) is 1. The van der Waals surface area contributed by atoms with E-state index in [4.69, 9.17) is 17.0 Å². The molecule has 0 radical (unpaired) electrons. The Kier molecular flexibility index (Phi) is 7.98. The van der Waals surface area contributed by atoms with Crippen molar-refractivity contribution in [1.82, 2.24) is 9.80 Å². The van der Waals surface area contributed by atoms with Crippen molar-refractivity contribution in [2.24, 2.45) is 5.92 Å². The molecular weight excluding hydrogens is 413 g/mol. The number of halogens is 1. The highest BCUT2D eigenvalue weighted by molar-refractivity contribution is 7.80. The number of thiocarbonyl (C=S) groups is 1. The normalized spacial score (nSPS) is 16.3. The zero-order chi connectivity index (χ0) is 22.4. The lowest BCUT2D eigenvalue weighted by molar-refractivity contribution is -0.0215. The second kappa shape index (κ2) is 10.7. The minimum Gasteiger partial charge on any atom is -0.373 e. The van der Waals surface area contributed by atoms with E-state index in [1.807, 2.05) is 41.0 Å². The number of rotatable bonds is 6. The van der Waals surface area contributed by atoms with Crippen molar-refractivity contribution >= 4 is 28.9 Å². The maximum Gasteiger partial charge on any atom is 0.253 e. The topological polar surface area (TPSA) is 44.8 Å². The summed E-state index contributed by atoms with van der Waals surface area (Å²) in [5.41, 5.74) is 2.55. The molecule has 1 aliphatic heterocycles. The van der Waals surface area contributed by atoms with Crippen molar-refractivity contribution in [2.75, 3.05) is 38.1 Å². The van der Waals surface area contributed by atoms with Crippen LogP contribution in [0.1, 0.15) is 29.8 Å². The molecule has 2 aromatic carbocycles. The summed E-state index contributed by atoms with van der Waals surface area (Å²) >= 11 is 5.55. The second-order valence-electron chi connectivity index (χ2n) is 8.35. The highest BCUT2D eigenvalue weighted by Gasteiger charge is 2.27. The molecule has 1 atom stereocenters.